The van der Waals surface area contributed by atoms with E-state index in [2.05, 4.69) is 10.6 Å². The molecule has 0 bridgehead atoms. The van der Waals surface area contributed by atoms with Gasteiger partial charge in [-0.25, -0.2) is 4.79 Å². The number of imide groups is 1. The number of carbonyl (C=O) groups excluding carboxylic acids is 2. The lowest BCUT2D eigenvalue weighted by Gasteiger charge is -2.27. The van der Waals surface area contributed by atoms with Crippen LogP contribution in [0.5, 0.6) is 5.75 Å². The highest BCUT2D eigenvalue weighted by Gasteiger charge is 2.49. The second kappa shape index (κ2) is 5.61. The predicted octanol–water partition coefficient (Wildman–Crippen LogP) is 1.25. The maximum Gasteiger partial charge on any atom is 0.322 e. The summed E-state index contributed by atoms with van der Waals surface area (Å²) in [7, 11) is 1.41. The van der Waals surface area contributed by atoms with Gasteiger partial charge in [0.2, 0.25) is 0 Å². The molecule has 112 valence electrons. The molecule has 1 aliphatic rings. The molecule has 1 aromatic carbocycles. The van der Waals surface area contributed by atoms with Gasteiger partial charge in [0.25, 0.3) is 5.91 Å². The van der Waals surface area contributed by atoms with Gasteiger partial charge in [0.15, 0.2) is 5.54 Å². The lowest BCUT2D eigenvalue weighted by atomic mass is 9.84. The Hall–Kier alpha value is -2.28. The number of carbonyl (C=O) groups is 3. The van der Waals surface area contributed by atoms with Crippen molar-refractivity contribution in [1.82, 2.24) is 10.6 Å². The fourth-order valence-electron chi connectivity index (χ4n) is 2.30. The fraction of sp³-hybridized carbons (Fsp3) is 0.308. The Balaban J connectivity index is 2.54. The van der Waals surface area contributed by atoms with E-state index >= 15 is 0 Å². The predicted molar refractivity (Wildman–Crippen MR) is 73.2 cm³/mol. The van der Waals surface area contributed by atoms with Gasteiger partial charge in [0.1, 0.15) is 5.75 Å². The van der Waals surface area contributed by atoms with Crippen LogP contribution in [-0.2, 0) is 15.1 Å². The van der Waals surface area contributed by atoms with Gasteiger partial charge in [-0.3, -0.25) is 14.9 Å². The van der Waals surface area contributed by atoms with Crippen LogP contribution in [-0.4, -0.2) is 30.1 Å². The summed E-state index contributed by atoms with van der Waals surface area (Å²) in [6.45, 7) is 0. The highest BCUT2D eigenvalue weighted by molar-refractivity contribution is 6.30. The Morgan fingerprint density at radius 1 is 1.43 bits per heavy atom. The number of hydrogen-bond donors (Lipinski definition) is 3. The standard InChI is InChI=1S/C13H13ClN2O5/c1-21-9-3-2-7(14)6-8(9)13(5-4-10(17)18)11(19)15-12(20)16-13/h2-3,6H,4-5H2,1H3,(H,17,18)(H2,15,16,19,20). The van der Waals surface area contributed by atoms with Crippen molar-refractivity contribution in [3.8, 4) is 5.75 Å². The molecule has 1 heterocycles. The van der Waals surface area contributed by atoms with Crippen LogP contribution in [0.2, 0.25) is 5.02 Å². The van der Waals surface area contributed by atoms with Crippen LogP contribution in [0, 0.1) is 0 Å². The number of nitrogens with one attached hydrogen (secondary N) is 2. The monoisotopic (exact) mass is 312 g/mol. The maximum absolute atomic E-state index is 12.2. The quantitative estimate of drug-likeness (QED) is 0.710. The summed E-state index contributed by atoms with van der Waals surface area (Å²) >= 11 is 5.94. The molecule has 1 saturated heterocycles. The molecule has 3 amide bonds. The molecule has 8 heteroatoms. The molecule has 1 unspecified atom stereocenters. The first-order valence-corrected chi connectivity index (χ1v) is 6.46. The molecule has 0 saturated carbocycles. The van der Waals surface area contributed by atoms with Gasteiger partial charge in [-0.15, -0.1) is 0 Å². The van der Waals surface area contributed by atoms with Gasteiger partial charge in [-0.2, -0.15) is 0 Å². The highest BCUT2D eigenvalue weighted by atomic mass is 35.5. The summed E-state index contributed by atoms with van der Waals surface area (Å²) in [5, 5.41) is 13.8. The Kier molecular flexibility index (Phi) is 4.04. The number of hydrogen-bond acceptors (Lipinski definition) is 4. The zero-order chi connectivity index (χ0) is 15.6. The lowest BCUT2D eigenvalue weighted by Crippen LogP contribution is -2.44. The van der Waals surface area contributed by atoms with E-state index in [4.69, 9.17) is 21.4 Å². The molecule has 0 spiro atoms. The minimum atomic E-state index is -1.51. The summed E-state index contributed by atoms with van der Waals surface area (Å²) in [4.78, 5) is 34.6. The van der Waals surface area contributed by atoms with Crippen LogP contribution in [0.15, 0.2) is 18.2 Å². The Bertz CT molecular complexity index is 619. The third-order valence-electron chi connectivity index (χ3n) is 3.28. The Morgan fingerprint density at radius 2 is 2.14 bits per heavy atom. The van der Waals surface area contributed by atoms with Crippen molar-refractivity contribution in [3.05, 3.63) is 28.8 Å². The molecular weight excluding hydrogens is 300 g/mol. The maximum atomic E-state index is 12.2. The first kappa shape index (κ1) is 15.1. The largest absolute Gasteiger partial charge is 0.496 e. The van der Waals surface area contributed by atoms with Gasteiger partial charge in [0, 0.05) is 17.0 Å². The normalized spacial score (nSPS) is 20.9. The first-order valence-electron chi connectivity index (χ1n) is 6.08. The number of benzene rings is 1. The first-order chi connectivity index (χ1) is 9.89. The number of amides is 3. The van der Waals surface area contributed by atoms with E-state index in [1.807, 2.05) is 0 Å². The molecule has 7 nitrogen and oxygen atoms in total. The summed E-state index contributed by atoms with van der Waals surface area (Å²) in [6, 6.07) is 3.92. The van der Waals surface area contributed by atoms with E-state index in [0.29, 0.717) is 16.3 Å². The summed E-state index contributed by atoms with van der Waals surface area (Å²) in [5.74, 6) is -1.37. The van der Waals surface area contributed by atoms with Crippen LogP contribution in [0.4, 0.5) is 4.79 Å². The van der Waals surface area contributed by atoms with Crippen molar-refractivity contribution >= 4 is 29.5 Å². The van der Waals surface area contributed by atoms with E-state index in [9.17, 15) is 14.4 Å². The third kappa shape index (κ3) is 2.78. The van der Waals surface area contributed by atoms with Crippen molar-refractivity contribution in [3.63, 3.8) is 0 Å². The summed E-state index contributed by atoms with van der Waals surface area (Å²) < 4.78 is 5.19. The van der Waals surface area contributed by atoms with Crippen LogP contribution in [0.3, 0.4) is 0 Å². The number of aliphatic carboxylic acids is 1. The molecule has 1 aromatic rings. The van der Waals surface area contributed by atoms with E-state index in [0.717, 1.165) is 0 Å². The molecule has 0 radical (unpaired) electrons. The Morgan fingerprint density at radius 3 is 2.67 bits per heavy atom. The number of ether oxygens (including phenoxy) is 1. The van der Waals surface area contributed by atoms with Crippen molar-refractivity contribution in [2.75, 3.05) is 7.11 Å². The average molecular weight is 313 g/mol. The smallest absolute Gasteiger partial charge is 0.322 e. The second-order valence-corrected chi connectivity index (χ2v) is 4.99. The average Bonchev–Trinajstić information content (AvgIpc) is 2.71. The van der Waals surface area contributed by atoms with Gasteiger partial charge < -0.3 is 15.2 Å². The summed E-state index contributed by atoms with van der Waals surface area (Å²) in [5.41, 5.74) is -1.19. The zero-order valence-electron chi connectivity index (χ0n) is 11.1. The van der Waals surface area contributed by atoms with Crippen LogP contribution >= 0.6 is 11.6 Å². The fourth-order valence-corrected chi connectivity index (χ4v) is 2.47. The molecule has 3 N–H and O–H groups in total. The number of urea groups is 1. The third-order valence-corrected chi connectivity index (χ3v) is 3.51. The van der Waals surface area contributed by atoms with Crippen LogP contribution in [0.25, 0.3) is 0 Å². The zero-order valence-corrected chi connectivity index (χ0v) is 11.9. The van der Waals surface area contributed by atoms with Crippen molar-refractivity contribution < 1.29 is 24.2 Å². The van der Waals surface area contributed by atoms with E-state index < -0.39 is 23.4 Å². The molecular formula is C13H13ClN2O5. The van der Waals surface area contributed by atoms with Crippen molar-refractivity contribution in [2.24, 2.45) is 0 Å². The molecule has 1 atom stereocenters. The topological polar surface area (TPSA) is 105 Å². The lowest BCUT2D eigenvalue weighted by molar-refractivity contribution is -0.137. The highest BCUT2D eigenvalue weighted by Crippen LogP contribution is 2.37. The molecule has 21 heavy (non-hydrogen) atoms. The second-order valence-electron chi connectivity index (χ2n) is 4.55. The molecule has 2 rings (SSSR count). The molecule has 1 fully saturated rings. The van der Waals surface area contributed by atoms with E-state index in [1.165, 1.54) is 13.2 Å². The van der Waals surface area contributed by atoms with E-state index in [1.54, 1.807) is 12.1 Å². The number of rotatable bonds is 5. The van der Waals surface area contributed by atoms with Crippen molar-refractivity contribution in [2.45, 2.75) is 18.4 Å². The number of halogens is 1. The van der Waals surface area contributed by atoms with Gasteiger partial charge in [0.05, 0.1) is 7.11 Å². The molecule has 1 aliphatic heterocycles. The number of carboxylic acid groups (broad SMARTS) is 1. The minimum absolute atomic E-state index is 0.114. The number of carboxylic acids is 1. The summed E-state index contributed by atoms with van der Waals surface area (Å²) in [6.07, 6.45) is -0.417. The molecule has 0 aliphatic carbocycles. The Labute approximate surface area is 125 Å². The van der Waals surface area contributed by atoms with Crippen LogP contribution in [0.1, 0.15) is 18.4 Å². The van der Waals surface area contributed by atoms with Gasteiger partial charge >= 0.3 is 12.0 Å². The van der Waals surface area contributed by atoms with Crippen LogP contribution < -0.4 is 15.4 Å². The number of methoxy groups -OCH3 is 1. The van der Waals surface area contributed by atoms with E-state index in [-0.39, 0.29) is 12.8 Å². The van der Waals surface area contributed by atoms with Gasteiger partial charge in [-0.05, 0) is 24.6 Å². The molecule has 0 aromatic heterocycles. The van der Waals surface area contributed by atoms with Crippen molar-refractivity contribution in [1.29, 1.82) is 0 Å². The minimum Gasteiger partial charge on any atom is -0.496 e. The SMILES string of the molecule is COc1ccc(Cl)cc1C1(CCC(=O)O)NC(=O)NC1=O. The van der Waals surface area contributed by atoms with Gasteiger partial charge in [-0.1, -0.05) is 11.6 Å².